The topological polar surface area (TPSA) is 43.4 Å². The molecule has 3 rings (SSSR count). The molecule has 2 aliphatic carbocycles. The monoisotopic (exact) mass is 340 g/mol. The predicted molar refractivity (Wildman–Crippen MR) is 98.9 cm³/mol. The Kier molecular flexibility index (Phi) is 5.24. The van der Waals surface area contributed by atoms with E-state index in [9.17, 15) is 9.59 Å². The van der Waals surface area contributed by atoms with E-state index >= 15 is 0 Å². The zero-order valence-electron chi connectivity index (χ0n) is 15.7. The van der Waals surface area contributed by atoms with Crippen molar-refractivity contribution in [2.24, 2.45) is 5.92 Å². The Morgan fingerprint density at radius 2 is 1.60 bits per heavy atom. The first-order valence-corrected chi connectivity index (χ1v) is 9.30. The summed E-state index contributed by atoms with van der Waals surface area (Å²) >= 11 is 0. The number of benzene rings is 1. The van der Waals surface area contributed by atoms with E-state index in [0.29, 0.717) is 12.0 Å². The predicted octanol–water partition coefficient (Wildman–Crippen LogP) is 4.37. The number of hydrogen-bond acceptors (Lipinski definition) is 3. The van der Waals surface area contributed by atoms with Crippen LogP contribution >= 0.6 is 0 Å². The molecule has 0 aromatic heterocycles. The molecular weight excluding hydrogens is 312 g/mol. The molecule has 0 saturated heterocycles. The van der Waals surface area contributed by atoms with Crippen molar-refractivity contribution in [2.75, 3.05) is 7.11 Å². The van der Waals surface area contributed by atoms with Gasteiger partial charge in [-0.05, 0) is 81.6 Å². The highest BCUT2D eigenvalue weighted by Crippen LogP contribution is 2.37. The van der Waals surface area contributed by atoms with E-state index in [0.717, 1.165) is 54.4 Å². The highest BCUT2D eigenvalue weighted by atomic mass is 16.5. The maximum Gasteiger partial charge on any atom is 0.174 e. The second-order valence-corrected chi connectivity index (χ2v) is 7.76. The van der Waals surface area contributed by atoms with Crippen LogP contribution in [0.1, 0.15) is 60.3 Å². The van der Waals surface area contributed by atoms with E-state index in [1.54, 1.807) is 13.2 Å². The Balaban J connectivity index is 1.75. The van der Waals surface area contributed by atoms with Gasteiger partial charge in [0, 0.05) is 12.7 Å². The lowest BCUT2D eigenvalue weighted by molar-refractivity contribution is -0.123. The number of carbonyl (C=O) groups is 2. The summed E-state index contributed by atoms with van der Waals surface area (Å²) < 4.78 is 5.42. The van der Waals surface area contributed by atoms with Crippen LogP contribution in [0.25, 0.3) is 0 Å². The van der Waals surface area contributed by atoms with Gasteiger partial charge in [-0.3, -0.25) is 9.59 Å². The van der Waals surface area contributed by atoms with E-state index in [-0.39, 0.29) is 11.6 Å². The third-order valence-electron chi connectivity index (χ3n) is 5.84. The summed E-state index contributed by atoms with van der Waals surface area (Å²) in [7, 11) is 1.77. The van der Waals surface area contributed by atoms with Crippen molar-refractivity contribution >= 4 is 11.6 Å². The quantitative estimate of drug-likeness (QED) is 0.765. The van der Waals surface area contributed by atoms with Crippen LogP contribution in [0.3, 0.4) is 0 Å². The van der Waals surface area contributed by atoms with Gasteiger partial charge in [0.1, 0.15) is 5.92 Å². The van der Waals surface area contributed by atoms with E-state index in [1.165, 1.54) is 5.56 Å². The summed E-state index contributed by atoms with van der Waals surface area (Å²) in [4.78, 5) is 25.6. The van der Waals surface area contributed by atoms with Crippen molar-refractivity contribution in [3.63, 3.8) is 0 Å². The molecule has 0 spiro atoms. The van der Waals surface area contributed by atoms with E-state index in [4.69, 9.17) is 4.74 Å². The average molecular weight is 340 g/mol. The summed E-state index contributed by atoms with van der Waals surface area (Å²) in [6.07, 6.45) is 6.97. The lowest BCUT2D eigenvalue weighted by Crippen LogP contribution is -2.22. The van der Waals surface area contributed by atoms with E-state index in [1.807, 2.05) is 20.8 Å². The summed E-state index contributed by atoms with van der Waals surface area (Å²) in [5.41, 5.74) is 4.89. The van der Waals surface area contributed by atoms with Gasteiger partial charge >= 0.3 is 0 Å². The fourth-order valence-corrected chi connectivity index (χ4v) is 4.60. The Morgan fingerprint density at radius 1 is 1.00 bits per heavy atom. The summed E-state index contributed by atoms with van der Waals surface area (Å²) in [5, 5.41) is 0. The molecule has 1 aromatic rings. The van der Waals surface area contributed by atoms with Crippen LogP contribution in [0.4, 0.5) is 0 Å². The molecule has 0 bridgehead atoms. The van der Waals surface area contributed by atoms with Gasteiger partial charge < -0.3 is 4.74 Å². The fourth-order valence-electron chi connectivity index (χ4n) is 4.60. The molecule has 0 radical (unpaired) electrons. The molecule has 1 unspecified atom stereocenters. The molecule has 0 heterocycles. The summed E-state index contributed by atoms with van der Waals surface area (Å²) in [6.45, 7) is 6.04. The van der Waals surface area contributed by atoms with Gasteiger partial charge in [0.2, 0.25) is 0 Å². The molecule has 1 saturated carbocycles. The molecule has 134 valence electrons. The van der Waals surface area contributed by atoms with Gasteiger partial charge in [-0.1, -0.05) is 17.7 Å². The number of ether oxygens (including phenoxy) is 1. The first-order chi connectivity index (χ1) is 11.9. The smallest absolute Gasteiger partial charge is 0.174 e. The Bertz CT molecular complexity index is 698. The summed E-state index contributed by atoms with van der Waals surface area (Å²) in [5.74, 6) is -0.145. The van der Waals surface area contributed by atoms with Gasteiger partial charge in [0.05, 0.1) is 6.10 Å². The van der Waals surface area contributed by atoms with Crippen LogP contribution < -0.4 is 0 Å². The first kappa shape index (κ1) is 18.1. The Labute approximate surface area is 150 Å². The number of rotatable bonds is 4. The van der Waals surface area contributed by atoms with Gasteiger partial charge in [-0.15, -0.1) is 0 Å². The van der Waals surface area contributed by atoms with Gasteiger partial charge in [0.25, 0.3) is 0 Å². The third-order valence-corrected chi connectivity index (χ3v) is 5.84. The van der Waals surface area contributed by atoms with Crippen LogP contribution in [-0.2, 0) is 14.3 Å². The van der Waals surface area contributed by atoms with Crippen LogP contribution in [0, 0.1) is 26.7 Å². The zero-order valence-corrected chi connectivity index (χ0v) is 15.7. The molecular formula is C22H28O3. The number of aryl methyl sites for hydroxylation is 3. The number of hydrogen-bond donors (Lipinski definition) is 0. The van der Waals surface area contributed by atoms with Crippen LogP contribution in [-0.4, -0.2) is 24.8 Å². The Morgan fingerprint density at radius 3 is 2.16 bits per heavy atom. The lowest BCUT2D eigenvalue weighted by atomic mass is 9.81. The minimum absolute atomic E-state index is 0.0221. The van der Waals surface area contributed by atoms with Crippen molar-refractivity contribution < 1.29 is 14.3 Å². The van der Waals surface area contributed by atoms with E-state index in [2.05, 4.69) is 12.1 Å². The van der Waals surface area contributed by atoms with Crippen molar-refractivity contribution in [1.29, 1.82) is 0 Å². The minimum atomic E-state index is -0.620. The molecule has 1 fully saturated rings. The Hall–Kier alpha value is -1.74. The number of ketones is 2. The second-order valence-electron chi connectivity index (χ2n) is 7.76. The largest absolute Gasteiger partial charge is 0.381 e. The molecule has 25 heavy (non-hydrogen) atoms. The van der Waals surface area contributed by atoms with E-state index < -0.39 is 5.92 Å². The molecule has 1 aromatic carbocycles. The number of allylic oxidation sites excluding steroid dienone is 2. The first-order valence-electron chi connectivity index (χ1n) is 9.30. The maximum absolute atomic E-state index is 13.0. The molecule has 0 N–H and O–H groups in total. The highest BCUT2D eigenvalue weighted by Gasteiger charge is 2.38. The fraction of sp³-hybridized carbons (Fsp3) is 0.545. The zero-order chi connectivity index (χ0) is 18.1. The average Bonchev–Trinajstić information content (AvgIpc) is 2.82. The third kappa shape index (κ3) is 3.62. The van der Waals surface area contributed by atoms with Crippen LogP contribution in [0.5, 0.6) is 0 Å². The van der Waals surface area contributed by atoms with Crippen molar-refractivity contribution in [2.45, 2.75) is 64.9 Å². The van der Waals surface area contributed by atoms with Crippen molar-refractivity contribution in [3.05, 3.63) is 46.0 Å². The molecule has 3 nitrogen and oxygen atoms in total. The SMILES string of the molecule is COC1CCC(CC2=CC(=O)C(c3c(C)cc(C)cc3C)C2=O)CC1. The van der Waals surface area contributed by atoms with Gasteiger partial charge in [-0.25, -0.2) is 0 Å². The standard InChI is InChI=1S/C22H28O3/c1-13-9-14(2)20(15(3)10-13)21-19(23)12-17(22(21)24)11-16-5-7-18(25-4)8-6-16/h9-10,12,16,18,21H,5-8,11H2,1-4H3. The second kappa shape index (κ2) is 7.25. The molecule has 2 aliphatic rings. The summed E-state index contributed by atoms with van der Waals surface area (Å²) in [6, 6.07) is 4.12. The van der Waals surface area contributed by atoms with Gasteiger partial charge in [-0.2, -0.15) is 0 Å². The molecule has 1 atom stereocenters. The normalized spacial score (nSPS) is 26.9. The molecule has 3 heteroatoms. The number of Topliss-reactive ketones (excluding diaryl/α,β-unsaturated/α-hetero) is 1. The highest BCUT2D eigenvalue weighted by molar-refractivity contribution is 6.25. The van der Waals surface area contributed by atoms with Crippen LogP contribution in [0.15, 0.2) is 23.8 Å². The molecule has 0 aliphatic heterocycles. The van der Waals surface area contributed by atoms with Crippen LogP contribution in [0.2, 0.25) is 0 Å². The number of carbonyl (C=O) groups excluding carboxylic acids is 2. The minimum Gasteiger partial charge on any atom is -0.381 e. The lowest BCUT2D eigenvalue weighted by Gasteiger charge is -2.27. The number of methoxy groups -OCH3 is 1. The van der Waals surface area contributed by atoms with Crippen molar-refractivity contribution in [1.82, 2.24) is 0 Å². The van der Waals surface area contributed by atoms with Crippen molar-refractivity contribution in [3.8, 4) is 0 Å². The van der Waals surface area contributed by atoms with Gasteiger partial charge in [0.15, 0.2) is 11.6 Å². The molecule has 0 amide bonds. The maximum atomic E-state index is 13.0.